The molecule has 0 aliphatic rings. The van der Waals surface area contributed by atoms with E-state index in [2.05, 4.69) is 5.32 Å². The summed E-state index contributed by atoms with van der Waals surface area (Å²) in [5.74, 6) is -1.22. The fourth-order valence-corrected chi connectivity index (χ4v) is 3.38. The van der Waals surface area contributed by atoms with Crippen molar-refractivity contribution in [2.45, 2.75) is 32.6 Å². The van der Waals surface area contributed by atoms with Crippen molar-refractivity contribution >= 4 is 25.2 Å². The third-order valence-electron chi connectivity index (χ3n) is 5.25. The molecule has 0 bridgehead atoms. The Morgan fingerprint density at radius 1 is 1.12 bits per heavy atom. The van der Waals surface area contributed by atoms with Gasteiger partial charge in [0.1, 0.15) is 11.6 Å². The topological polar surface area (TPSA) is 123 Å². The summed E-state index contributed by atoms with van der Waals surface area (Å²) in [6.07, 6.45) is 1.46. The molecule has 9 heteroatoms. The highest BCUT2D eigenvalue weighted by atomic mass is 16.5. The Kier molecular flexibility index (Phi) is 10.8. The van der Waals surface area contributed by atoms with E-state index in [9.17, 15) is 24.9 Å². The fraction of sp³-hybridized carbons (Fsp3) is 0.320. The molecule has 2 aromatic carbocycles. The van der Waals surface area contributed by atoms with Gasteiger partial charge in [0, 0.05) is 19.5 Å². The van der Waals surface area contributed by atoms with Gasteiger partial charge in [0.25, 0.3) is 5.91 Å². The molecule has 0 saturated carbocycles. The van der Waals surface area contributed by atoms with Crippen molar-refractivity contribution in [3.8, 4) is 6.07 Å². The standard InChI is InChI=1S/C25H30BN3O5/c1-3-29(4-2)24(30)22(18-27)16-21-12-8-11-20(15-21)13-14-34-25(31)28-23(26(32)33)17-19-9-6-5-7-10-19/h5-12,15-16,23,32-33H,3-4,13-14,17H2,1-2H3,(H,28,31). The maximum atomic E-state index is 12.5. The van der Waals surface area contributed by atoms with Crippen LogP contribution in [0.3, 0.4) is 0 Å². The molecule has 0 spiro atoms. The Morgan fingerprint density at radius 2 is 1.79 bits per heavy atom. The average Bonchev–Trinajstić information content (AvgIpc) is 2.83. The van der Waals surface area contributed by atoms with Crippen LogP contribution in [0.2, 0.25) is 0 Å². The largest absolute Gasteiger partial charge is 0.475 e. The summed E-state index contributed by atoms with van der Waals surface area (Å²) >= 11 is 0. The summed E-state index contributed by atoms with van der Waals surface area (Å²) in [5, 5.41) is 31.1. The maximum Gasteiger partial charge on any atom is 0.475 e. The molecule has 34 heavy (non-hydrogen) atoms. The number of nitrogens with one attached hydrogen (secondary N) is 1. The Bertz CT molecular complexity index is 1020. The number of hydrogen-bond donors (Lipinski definition) is 3. The lowest BCUT2D eigenvalue weighted by Gasteiger charge is -2.18. The molecule has 0 aliphatic heterocycles. The number of hydrogen-bond acceptors (Lipinski definition) is 6. The SMILES string of the molecule is CCN(CC)C(=O)C(C#N)=Cc1cccc(CCOC(=O)NC(Cc2ccccc2)B(O)O)c1. The summed E-state index contributed by atoms with van der Waals surface area (Å²) in [5.41, 5.74) is 2.47. The second-order valence-corrected chi connectivity index (χ2v) is 7.63. The minimum Gasteiger partial charge on any atom is -0.449 e. The smallest absolute Gasteiger partial charge is 0.449 e. The zero-order valence-corrected chi connectivity index (χ0v) is 19.5. The zero-order chi connectivity index (χ0) is 24.9. The summed E-state index contributed by atoms with van der Waals surface area (Å²) in [7, 11) is -1.73. The van der Waals surface area contributed by atoms with Crippen molar-refractivity contribution in [2.75, 3.05) is 19.7 Å². The molecular weight excluding hydrogens is 433 g/mol. The van der Waals surface area contributed by atoms with Gasteiger partial charge in [0.2, 0.25) is 0 Å². The van der Waals surface area contributed by atoms with Crippen LogP contribution in [0.25, 0.3) is 6.08 Å². The second kappa shape index (κ2) is 13.8. The quantitative estimate of drug-likeness (QED) is 0.267. The highest BCUT2D eigenvalue weighted by Gasteiger charge is 2.26. The molecule has 0 radical (unpaired) electrons. The number of alkyl carbamates (subject to hydrolysis) is 1. The predicted octanol–water partition coefficient (Wildman–Crippen LogP) is 2.35. The van der Waals surface area contributed by atoms with E-state index in [-0.39, 0.29) is 24.5 Å². The number of ether oxygens (including phenoxy) is 1. The molecule has 0 aliphatic carbocycles. The molecule has 0 heterocycles. The first-order valence-electron chi connectivity index (χ1n) is 11.2. The van der Waals surface area contributed by atoms with Gasteiger partial charge in [-0.15, -0.1) is 0 Å². The lowest BCUT2D eigenvalue weighted by Crippen LogP contribution is -2.48. The molecule has 8 nitrogen and oxygen atoms in total. The molecule has 1 unspecified atom stereocenters. The van der Waals surface area contributed by atoms with Crippen LogP contribution in [-0.4, -0.2) is 59.7 Å². The lowest BCUT2D eigenvalue weighted by atomic mass is 9.76. The second-order valence-electron chi connectivity index (χ2n) is 7.63. The van der Waals surface area contributed by atoms with Gasteiger partial charge in [-0.05, 0) is 43.0 Å². The van der Waals surface area contributed by atoms with Crippen LogP contribution in [0.15, 0.2) is 60.2 Å². The number of likely N-dealkylation sites (N-methyl/N-ethyl adjacent to an activating group) is 1. The van der Waals surface area contributed by atoms with Crippen LogP contribution in [0.1, 0.15) is 30.5 Å². The highest BCUT2D eigenvalue weighted by Crippen LogP contribution is 2.13. The number of benzene rings is 2. The summed E-state index contributed by atoms with van der Waals surface area (Å²) < 4.78 is 5.20. The summed E-state index contributed by atoms with van der Waals surface area (Å²) in [4.78, 5) is 26.2. The molecule has 2 amide bonds. The van der Waals surface area contributed by atoms with Crippen molar-refractivity contribution in [1.82, 2.24) is 10.2 Å². The Hall–Kier alpha value is -3.61. The van der Waals surface area contributed by atoms with E-state index in [0.717, 1.165) is 11.1 Å². The van der Waals surface area contributed by atoms with E-state index in [0.29, 0.717) is 25.1 Å². The Balaban J connectivity index is 1.93. The Labute approximate surface area is 200 Å². The third kappa shape index (κ3) is 8.39. The van der Waals surface area contributed by atoms with Crippen LogP contribution in [0.5, 0.6) is 0 Å². The first-order valence-corrected chi connectivity index (χ1v) is 11.2. The number of nitrogens with zero attached hydrogens (tertiary/aromatic N) is 2. The molecule has 0 fully saturated rings. The summed E-state index contributed by atoms with van der Waals surface area (Å²) in [6, 6.07) is 18.4. The van der Waals surface area contributed by atoms with Crippen molar-refractivity contribution in [3.63, 3.8) is 0 Å². The number of amides is 2. The van der Waals surface area contributed by atoms with Crippen LogP contribution >= 0.6 is 0 Å². The molecule has 0 saturated heterocycles. The molecule has 2 aromatic rings. The van der Waals surface area contributed by atoms with Gasteiger partial charge in [0.15, 0.2) is 0 Å². The van der Waals surface area contributed by atoms with Crippen LogP contribution in [0, 0.1) is 11.3 Å². The number of carbonyl (C=O) groups excluding carboxylic acids is 2. The van der Waals surface area contributed by atoms with Crippen molar-refractivity contribution < 1.29 is 24.4 Å². The monoisotopic (exact) mass is 463 g/mol. The fourth-order valence-electron chi connectivity index (χ4n) is 3.38. The van der Waals surface area contributed by atoms with E-state index in [1.807, 2.05) is 62.4 Å². The van der Waals surface area contributed by atoms with Gasteiger partial charge >= 0.3 is 13.2 Å². The first-order chi connectivity index (χ1) is 16.4. The summed E-state index contributed by atoms with van der Waals surface area (Å²) in [6.45, 7) is 4.83. The van der Waals surface area contributed by atoms with Gasteiger partial charge in [0.05, 0.1) is 12.5 Å². The van der Waals surface area contributed by atoms with E-state index >= 15 is 0 Å². The van der Waals surface area contributed by atoms with Crippen molar-refractivity contribution in [3.05, 3.63) is 76.9 Å². The van der Waals surface area contributed by atoms with Crippen molar-refractivity contribution in [2.24, 2.45) is 0 Å². The minimum atomic E-state index is -1.73. The van der Waals surface area contributed by atoms with Crippen LogP contribution < -0.4 is 5.32 Å². The van der Waals surface area contributed by atoms with Gasteiger partial charge in [-0.25, -0.2) is 4.79 Å². The highest BCUT2D eigenvalue weighted by molar-refractivity contribution is 6.43. The number of rotatable bonds is 11. The molecular formula is C25H30BN3O5. The zero-order valence-electron chi connectivity index (χ0n) is 19.5. The van der Waals surface area contributed by atoms with Crippen LogP contribution in [-0.2, 0) is 22.4 Å². The number of carbonyl (C=O) groups is 2. The van der Waals surface area contributed by atoms with E-state index in [4.69, 9.17) is 4.74 Å². The molecule has 178 valence electrons. The van der Waals surface area contributed by atoms with E-state index < -0.39 is 19.2 Å². The van der Waals surface area contributed by atoms with Gasteiger partial charge in [-0.1, -0.05) is 54.6 Å². The maximum absolute atomic E-state index is 12.5. The molecule has 3 N–H and O–H groups in total. The molecule has 2 rings (SSSR count). The number of nitriles is 1. The van der Waals surface area contributed by atoms with Gasteiger partial charge in [-0.3, -0.25) is 4.79 Å². The van der Waals surface area contributed by atoms with Crippen molar-refractivity contribution in [1.29, 1.82) is 5.26 Å². The first kappa shape index (κ1) is 26.6. The molecule has 0 aromatic heterocycles. The third-order valence-corrected chi connectivity index (χ3v) is 5.25. The van der Waals surface area contributed by atoms with Gasteiger partial charge in [-0.2, -0.15) is 5.26 Å². The van der Waals surface area contributed by atoms with E-state index in [1.165, 1.54) is 0 Å². The molecule has 1 atom stereocenters. The predicted molar refractivity (Wildman–Crippen MR) is 130 cm³/mol. The minimum absolute atomic E-state index is 0.0588. The normalized spacial score (nSPS) is 11.8. The van der Waals surface area contributed by atoms with Crippen LogP contribution in [0.4, 0.5) is 4.79 Å². The Morgan fingerprint density at radius 3 is 2.41 bits per heavy atom. The van der Waals surface area contributed by atoms with E-state index in [1.54, 1.807) is 23.1 Å². The average molecular weight is 463 g/mol. The lowest BCUT2D eigenvalue weighted by molar-refractivity contribution is -0.126. The van der Waals surface area contributed by atoms with Gasteiger partial charge < -0.3 is 25.0 Å².